The van der Waals surface area contributed by atoms with Crippen molar-refractivity contribution in [2.75, 3.05) is 5.32 Å². The molecule has 0 saturated heterocycles. The maximum absolute atomic E-state index is 12.7. The van der Waals surface area contributed by atoms with Gasteiger partial charge in [-0.3, -0.25) is 4.79 Å². The van der Waals surface area contributed by atoms with Crippen molar-refractivity contribution in [3.05, 3.63) is 63.6 Å². The number of benzene rings is 2. The molecule has 0 spiro atoms. The van der Waals surface area contributed by atoms with Gasteiger partial charge in [0.15, 0.2) is 0 Å². The Bertz CT molecular complexity index is 666. The molecule has 0 heterocycles. The van der Waals surface area contributed by atoms with Crippen LogP contribution in [0.15, 0.2) is 46.9 Å². The highest BCUT2D eigenvalue weighted by molar-refractivity contribution is 9.10. The number of hydrogen-bond donors (Lipinski definition) is 1. The van der Waals surface area contributed by atoms with Crippen molar-refractivity contribution >= 4 is 27.5 Å². The van der Waals surface area contributed by atoms with Gasteiger partial charge in [0.2, 0.25) is 0 Å². The average molecular weight is 358 g/mol. The van der Waals surface area contributed by atoms with Gasteiger partial charge in [-0.15, -0.1) is 0 Å². The van der Waals surface area contributed by atoms with Gasteiger partial charge < -0.3 is 5.32 Å². The Kier molecular flexibility index (Phi) is 4.37. The molecule has 2 rings (SSSR count). The second-order valence-electron chi connectivity index (χ2n) is 4.51. The third kappa shape index (κ3) is 3.85. The average Bonchev–Trinajstić information content (AvgIpc) is 2.40. The molecule has 2 aromatic carbocycles. The summed E-state index contributed by atoms with van der Waals surface area (Å²) >= 11 is 3.09. The lowest BCUT2D eigenvalue weighted by atomic mass is 10.1. The van der Waals surface area contributed by atoms with E-state index in [1.807, 2.05) is 6.92 Å². The fourth-order valence-corrected chi connectivity index (χ4v) is 2.14. The van der Waals surface area contributed by atoms with Crippen molar-refractivity contribution in [3.63, 3.8) is 0 Å². The summed E-state index contributed by atoms with van der Waals surface area (Å²) in [4.78, 5) is 12.1. The van der Waals surface area contributed by atoms with Crippen LogP contribution in [-0.4, -0.2) is 5.91 Å². The maximum atomic E-state index is 12.7. The predicted octanol–water partition coefficient (Wildman–Crippen LogP) is 5.03. The van der Waals surface area contributed by atoms with Crippen molar-refractivity contribution < 1.29 is 18.0 Å². The zero-order valence-electron chi connectivity index (χ0n) is 11.0. The molecule has 2 nitrogen and oxygen atoms in total. The molecule has 1 N–H and O–H groups in total. The molecule has 0 atom stereocenters. The smallest absolute Gasteiger partial charge is 0.322 e. The van der Waals surface area contributed by atoms with Crippen LogP contribution in [0.25, 0.3) is 0 Å². The molecule has 110 valence electrons. The zero-order valence-corrected chi connectivity index (χ0v) is 12.5. The third-order valence-electron chi connectivity index (χ3n) is 2.85. The molecule has 21 heavy (non-hydrogen) atoms. The van der Waals surface area contributed by atoms with E-state index in [4.69, 9.17) is 0 Å². The topological polar surface area (TPSA) is 29.1 Å². The number of alkyl halides is 3. The molecule has 0 saturated carbocycles. The van der Waals surface area contributed by atoms with Crippen LogP contribution in [0.5, 0.6) is 0 Å². The van der Waals surface area contributed by atoms with E-state index in [9.17, 15) is 18.0 Å². The van der Waals surface area contributed by atoms with Crippen LogP contribution < -0.4 is 5.32 Å². The molecule has 2 aromatic rings. The Hall–Kier alpha value is -1.82. The van der Waals surface area contributed by atoms with Crippen molar-refractivity contribution in [2.24, 2.45) is 0 Å². The number of halogens is 4. The Balaban J connectivity index is 2.28. The maximum Gasteiger partial charge on any atom is 0.416 e. The SMILES string of the molecule is Cc1ccc(NC(=O)c2cc(C(F)(F)F)ccc2Br)cc1. The van der Waals surface area contributed by atoms with Crippen molar-refractivity contribution in [1.29, 1.82) is 0 Å². The number of aryl methyl sites for hydroxylation is 1. The van der Waals surface area contributed by atoms with Gasteiger partial charge in [0.1, 0.15) is 0 Å². The van der Waals surface area contributed by atoms with Gasteiger partial charge in [0.25, 0.3) is 5.91 Å². The highest BCUT2D eigenvalue weighted by Gasteiger charge is 2.31. The first-order valence-corrected chi connectivity index (χ1v) is 6.81. The van der Waals surface area contributed by atoms with Crippen LogP contribution in [0, 0.1) is 6.92 Å². The first-order chi connectivity index (χ1) is 9.77. The Morgan fingerprint density at radius 2 is 1.71 bits per heavy atom. The lowest BCUT2D eigenvalue weighted by molar-refractivity contribution is -0.137. The highest BCUT2D eigenvalue weighted by Crippen LogP contribution is 2.32. The molecule has 0 unspecified atom stereocenters. The molecule has 0 aliphatic rings. The van der Waals surface area contributed by atoms with Crippen LogP contribution in [-0.2, 0) is 6.18 Å². The minimum absolute atomic E-state index is 0.0644. The minimum atomic E-state index is -4.49. The fourth-order valence-electron chi connectivity index (χ4n) is 1.71. The van der Waals surface area contributed by atoms with E-state index < -0.39 is 17.6 Å². The van der Waals surface area contributed by atoms with Gasteiger partial charge in [-0.2, -0.15) is 13.2 Å². The molecule has 0 radical (unpaired) electrons. The van der Waals surface area contributed by atoms with E-state index in [0.717, 1.165) is 17.7 Å². The lowest BCUT2D eigenvalue weighted by Gasteiger charge is -2.11. The van der Waals surface area contributed by atoms with Gasteiger partial charge in [0.05, 0.1) is 11.1 Å². The Morgan fingerprint density at radius 3 is 2.29 bits per heavy atom. The minimum Gasteiger partial charge on any atom is -0.322 e. The van der Waals surface area contributed by atoms with Gasteiger partial charge in [-0.25, -0.2) is 0 Å². The molecule has 0 aliphatic heterocycles. The largest absolute Gasteiger partial charge is 0.416 e. The molecule has 0 aliphatic carbocycles. The number of nitrogens with one attached hydrogen (secondary N) is 1. The Morgan fingerprint density at radius 1 is 1.10 bits per heavy atom. The van der Waals surface area contributed by atoms with Crippen LogP contribution in [0.3, 0.4) is 0 Å². The third-order valence-corrected chi connectivity index (χ3v) is 3.54. The number of anilines is 1. The summed E-state index contributed by atoms with van der Waals surface area (Å²) in [6.45, 7) is 1.90. The quantitative estimate of drug-likeness (QED) is 0.802. The van der Waals surface area contributed by atoms with E-state index in [1.165, 1.54) is 6.07 Å². The normalized spacial score (nSPS) is 11.3. The standard InChI is InChI=1S/C15H11BrF3NO/c1-9-2-5-11(6-3-9)20-14(21)12-8-10(15(17,18)19)4-7-13(12)16/h2-8H,1H3,(H,20,21). The molecular formula is C15H11BrF3NO. The molecule has 0 aromatic heterocycles. The van der Waals surface area contributed by atoms with Gasteiger partial charge in [-0.1, -0.05) is 17.7 Å². The van der Waals surface area contributed by atoms with Crippen LogP contribution in [0.2, 0.25) is 0 Å². The summed E-state index contributed by atoms with van der Waals surface area (Å²) in [5.74, 6) is -0.600. The first kappa shape index (κ1) is 15.6. The zero-order chi connectivity index (χ0) is 15.6. The molecule has 0 fully saturated rings. The highest BCUT2D eigenvalue weighted by atomic mass is 79.9. The number of hydrogen-bond acceptors (Lipinski definition) is 1. The van der Waals surface area contributed by atoms with E-state index in [2.05, 4.69) is 21.2 Å². The summed E-state index contributed by atoms with van der Waals surface area (Å²) in [5, 5.41) is 2.57. The second-order valence-corrected chi connectivity index (χ2v) is 5.37. The van der Waals surface area contributed by atoms with Crippen molar-refractivity contribution in [2.45, 2.75) is 13.1 Å². The second kappa shape index (κ2) is 5.89. The van der Waals surface area contributed by atoms with E-state index in [-0.39, 0.29) is 5.56 Å². The van der Waals surface area contributed by atoms with Crippen LogP contribution >= 0.6 is 15.9 Å². The molecule has 0 bridgehead atoms. The monoisotopic (exact) mass is 357 g/mol. The van der Waals surface area contributed by atoms with E-state index in [0.29, 0.717) is 10.2 Å². The Labute approximate surface area is 128 Å². The predicted molar refractivity (Wildman–Crippen MR) is 78.3 cm³/mol. The summed E-state index contributed by atoms with van der Waals surface area (Å²) in [7, 11) is 0. The summed E-state index contributed by atoms with van der Waals surface area (Å²) < 4.78 is 38.4. The van der Waals surface area contributed by atoms with Crippen LogP contribution in [0.1, 0.15) is 21.5 Å². The molecule has 1 amide bonds. The molecule has 6 heteroatoms. The van der Waals surface area contributed by atoms with E-state index >= 15 is 0 Å². The van der Waals surface area contributed by atoms with Crippen molar-refractivity contribution in [3.8, 4) is 0 Å². The van der Waals surface area contributed by atoms with E-state index in [1.54, 1.807) is 24.3 Å². The van der Waals surface area contributed by atoms with Crippen LogP contribution in [0.4, 0.5) is 18.9 Å². The van der Waals surface area contributed by atoms with Gasteiger partial charge in [0, 0.05) is 10.2 Å². The summed E-state index contributed by atoms with van der Waals surface area (Å²) in [6.07, 6.45) is -4.49. The van der Waals surface area contributed by atoms with Crippen molar-refractivity contribution in [1.82, 2.24) is 0 Å². The summed E-state index contributed by atoms with van der Waals surface area (Å²) in [6, 6.07) is 9.95. The number of carbonyl (C=O) groups excluding carboxylic acids is 1. The number of rotatable bonds is 2. The number of amides is 1. The number of carbonyl (C=O) groups is 1. The lowest BCUT2D eigenvalue weighted by Crippen LogP contribution is -2.14. The van der Waals surface area contributed by atoms with Gasteiger partial charge >= 0.3 is 6.18 Å². The molecular weight excluding hydrogens is 347 g/mol. The first-order valence-electron chi connectivity index (χ1n) is 6.02. The fraction of sp³-hybridized carbons (Fsp3) is 0.133. The van der Waals surface area contributed by atoms with Gasteiger partial charge in [-0.05, 0) is 53.2 Å². The summed E-state index contributed by atoms with van der Waals surface area (Å²) in [5.41, 5.74) is 0.619.